The van der Waals surface area contributed by atoms with Crippen molar-refractivity contribution in [2.24, 2.45) is 45.8 Å². The summed E-state index contributed by atoms with van der Waals surface area (Å²) in [5, 5.41) is 20.6. The number of allylic oxidation sites excluding steroid dienone is 4. The minimum Gasteiger partial charge on any atom is -0.508 e. The number of benzene rings is 1. The minimum atomic E-state index is -0.990. The van der Waals surface area contributed by atoms with Gasteiger partial charge < -0.3 is 14.9 Å². The fraction of sp³-hybridized carbons (Fsp3) is 0.659. The minimum absolute atomic E-state index is 0.0160. The molecule has 0 aromatic heterocycles. The van der Waals surface area contributed by atoms with Crippen molar-refractivity contribution < 1.29 is 29.3 Å². The van der Waals surface area contributed by atoms with Gasteiger partial charge >= 0.3 is 5.97 Å². The topological polar surface area (TPSA) is 101 Å². The lowest BCUT2D eigenvalue weighted by molar-refractivity contribution is -0.185. The lowest BCUT2D eigenvalue weighted by Crippen LogP contribution is -2.58. The molecule has 7 aliphatic carbocycles. The van der Waals surface area contributed by atoms with Crippen LogP contribution < -0.4 is 0 Å². The molecule has 0 saturated heterocycles. The molecule has 0 radical (unpaired) electrons. The van der Waals surface area contributed by atoms with Crippen molar-refractivity contribution in [1.29, 1.82) is 0 Å². The van der Waals surface area contributed by atoms with E-state index in [-0.39, 0.29) is 33.8 Å². The number of phenolic OH excluding ortho intramolecular Hbond substituents is 1. The molecule has 0 amide bonds. The van der Waals surface area contributed by atoms with Gasteiger partial charge in [0.25, 0.3) is 0 Å². The normalized spacial score (nSPS) is 43.8. The zero-order valence-electron chi connectivity index (χ0n) is 30.9. The number of esters is 1. The molecule has 0 spiro atoms. The highest BCUT2D eigenvalue weighted by atomic mass is 16.6. The number of ether oxygens (including phenoxy) is 1. The Labute approximate surface area is 298 Å². The maximum atomic E-state index is 12.8. The second kappa shape index (κ2) is 11.9. The van der Waals surface area contributed by atoms with Gasteiger partial charge in [0, 0.05) is 24.2 Å². The molecule has 1 unspecified atom stereocenters. The first-order valence-electron chi connectivity index (χ1n) is 19.2. The van der Waals surface area contributed by atoms with Gasteiger partial charge in [0.2, 0.25) is 0 Å². The quantitative estimate of drug-likeness (QED) is 0.241. The number of terminal acetylenes is 1. The number of aryl methyl sites for hydroxylation is 1. The van der Waals surface area contributed by atoms with E-state index in [9.17, 15) is 24.6 Å². The zero-order chi connectivity index (χ0) is 36.0. The van der Waals surface area contributed by atoms with Gasteiger partial charge in [-0.05, 0) is 160 Å². The number of hydrogen-bond acceptors (Lipinski definition) is 6. The summed E-state index contributed by atoms with van der Waals surface area (Å²) >= 11 is 0. The largest absolute Gasteiger partial charge is 0.508 e. The smallest absolute Gasteiger partial charge is 0.303 e. The average molecular weight is 681 g/mol. The van der Waals surface area contributed by atoms with Crippen molar-refractivity contribution in [3.8, 4) is 18.1 Å². The van der Waals surface area contributed by atoms with Crippen LogP contribution in [0.3, 0.4) is 0 Å². The van der Waals surface area contributed by atoms with Crippen LogP contribution in [0.2, 0.25) is 0 Å². The molecule has 268 valence electrons. The molecular formula is C44H56O6. The third-order valence-corrected chi connectivity index (χ3v) is 15.9. The standard InChI is InChI=1S/C24H32O4.C20H24O2/c1-14-12-18-19(22(4)9-6-17(27)13-21(14)22)7-10-23(5)20(18)8-11-24(23,15(2)25)28-16(3)26;1-3-20(22)11-9-18-17-6-4-13-12-14(21)5-7-15(13)16(17)8-10-19(18,20)2/h12-13,18-20H,6-11H2,1-5H3;1,5,7,12,16-18,21-22H,4,6,8-11H2,2H3/t18-,19+,20+,22-,23+,24+;16-,17-,18+,19+,20?/m11/s1. The molecule has 50 heavy (non-hydrogen) atoms. The number of phenols is 1. The molecule has 0 bridgehead atoms. The van der Waals surface area contributed by atoms with Crippen molar-refractivity contribution in [2.45, 2.75) is 136 Å². The summed E-state index contributed by atoms with van der Waals surface area (Å²) in [7, 11) is 0. The van der Waals surface area contributed by atoms with Crippen LogP contribution in [0.4, 0.5) is 0 Å². The van der Waals surface area contributed by atoms with E-state index >= 15 is 0 Å². The van der Waals surface area contributed by atoms with Crippen molar-refractivity contribution in [3.63, 3.8) is 0 Å². The molecular weight excluding hydrogens is 624 g/mol. The lowest BCUT2D eigenvalue weighted by atomic mass is 9.47. The Morgan fingerprint density at radius 1 is 0.900 bits per heavy atom. The second-order valence-corrected chi connectivity index (χ2v) is 17.9. The van der Waals surface area contributed by atoms with Crippen molar-refractivity contribution in [3.05, 3.63) is 52.6 Å². The van der Waals surface area contributed by atoms with E-state index in [2.05, 4.69) is 45.8 Å². The van der Waals surface area contributed by atoms with Crippen LogP contribution in [0.5, 0.6) is 5.75 Å². The molecule has 8 rings (SSSR count). The molecule has 11 atom stereocenters. The van der Waals surface area contributed by atoms with Gasteiger partial charge in [-0.3, -0.25) is 14.4 Å². The predicted octanol–water partition coefficient (Wildman–Crippen LogP) is 8.19. The lowest BCUT2D eigenvalue weighted by Gasteiger charge is -2.58. The zero-order valence-corrected chi connectivity index (χ0v) is 30.9. The van der Waals surface area contributed by atoms with Gasteiger partial charge in [-0.25, -0.2) is 0 Å². The maximum Gasteiger partial charge on any atom is 0.303 e. The molecule has 0 aliphatic heterocycles. The predicted molar refractivity (Wildman–Crippen MR) is 193 cm³/mol. The number of aromatic hydroxyl groups is 1. The van der Waals surface area contributed by atoms with Gasteiger partial charge in [0.15, 0.2) is 17.2 Å². The molecule has 0 heterocycles. The van der Waals surface area contributed by atoms with Crippen LogP contribution >= 0.6 is 0 Å². The molecule has 6 heteroatoms. The van der Waals surface area contributed by atoms with Crippen molar-refractivity contribution in [1.82, 2.24) is 0 Å². The highest BCUT2D eigenvalue weighted by molar-refractivity contribution is 5.92. The monoisotopic (exact) mass is 680 g/mol. The van der Waals surface area contributed by atoms with E-state index in [1.165, 1.54) is 29.2 Å². The molecule has 1 aromatic rings. The Morgan fingerprint density at radius 3 is 2.30 bits per heavy atom. The molecule has 4 fully saturated rings. The van der Waals surface area contributed by atoms with Crippen LogP contribution in [0, 0.1) is 58.2 Å². The number of fused-ring (bicyclic) bond motifs is 10. The Hall–Kier alpha value is -3.17. The van der Waals surface area contributed by atoms with E-state index < -0.39 is 11.2 Å². The summed E-state index contributed by atoms with van der Waals surface area (Å²) in [5.41, 5.74) is 2.84. The van der Waals surface area contributed by atoms with Crippen LogP contribution in [-0.4, -0.2) is 39.0 Å². The third kappa shape index (κ3) is 4.88. The number of Topliss-reactive ketones (excluding diaryl/α,β-unsaturated/α-hetero) is 1. The average Bonchev–Trinajstić information content (AvgIpc) is 3.52. The Morgan fingerprint density at radius 2 is 1.60 bits per heavy atom. The van der Waals surface area contributed by atoms with Crippen molar-refractivity contribution in [2.75, 3.05) is 0 Å². The summed E-state index contributed by atoms with van der Waals surface area (Å²) in [6, 6.07) is 5.87. The van der Waals surface area contributed by atoms with Gasteiger partial charge in [0.1, 0.15) is 11.4 Å². The molecule has 4 saturated carbocycles. The Bertz CT molecular complexity index is 1730. The molecule has 2 N–H and O–H groups in total. The fourth-order valence-corrected chi connectivity index (χ4v) is 13.3. The van der Waals surface area contributed by atoms with Gasteiger partial charge in [-0.1, -0.05) is 44.4 Å². The first-order chi connectivity index (χ1) is 23.5. The Balaban J connectivity index is 0.000000161. The van der Waals surface area contributed by atoms with Crippen molar-refractivity contribution >= 4 is 17.5 Å². The molecule has 1 aromatic carbocycles. The second-order valence-electron chi connectivity index (χ2n) is 17.9. The Kier molecular flexibility index (Phi) is 8.42. The first kappa shape index (κ1) is 35.2. The summed E-state index contributed by atoms with van der Waals surface area (Å²) in [5.74, 6) is 5.85. The van der Waals surface area contributed by atoms with Gasteiger partial charge in [-0.2, -0.15) is 0 Å². The number of carbonyl (C=O) groups is 3. The highest BCUT2D eigenvalue weighted by Crippen LogP contribution is 2.68. The number of aliphatic hydroxyl groups is 1. The summed E-state index contributed by atoms with van der Waals surface area (Å²) in [6.07, 6.45) is 21.0. The van der Waals surface area contributed by atoms with Crippen LogP contribution in [-0.2, 0) is 25.5 Å². The number of ketones is 2. The van der Waals surface area contributed by atoms with E-state index in [1.54, 1.807) is 6.92 Å². The van der Waals surface area contributed by atoms with Crippen LogP contribution in [0.15, 0.2) is 41.5 Å². The SMILES string of the molecule is C#CC1(O)CC[C@H]2[C@@H]3CCc4cc(O)ccc4[C@H]3CC[C@@]21C.CC(=O)O[C@]1(C(C)=O)CC[C@H]2[C@@H]3C=C(C)C4=CC(=O)CC[C@]4(C)[C@H]3CC[C@@]21C. The fourth-order valence-electron chi connectivity index (χ4n) is 13.3. The summed E-state index contributed by atoms with van der Waals surface area (Å²) in [4.78, 5) is 36.8. The number of carbonyl (C=O) groups excluding carboxylic acids is 3. The summed E-state index contributed by atoms with van der Waals surface area (Å²) in [6.45, 7) is 11.8. The van der Waals surface area contributed by atoms with Crippen LogP contribution in [0.1, 0.15) is 129 Å². The maximum absolute atomic E-state index is 12.8. The van der Waals surface area contributed by atoms with Gasteiger partial charge in [-0.15, -0.1) is 6.42 Å². The van der Waals surface area contributed by atoms with E-state index in [1.807, 2.05) is 18.2 Å². The third-order valence-electron chi connectivity index (χ3n) is 15.9. The van der Waals surface area contributed by atoms with E-state index in [0.717, 1.165) is 64.2 Å². The van der Waals surface area contributed by atoms with Crippen LogP contribution in [0.25, 0.3) is 0 Å². The van der Waals surface area contributed by atoms with Gasteiger partial charge in [0.05, 0.1) is 0 Å². The summed E-state index contributed by atoms with van der Waals surface area (Å²) < 4.78 is 5.82. The van der Waals surface area contributed by atoms with E-state index in [0.29, 0.717) is 54.1 Å². The number of hydrogen-bond donors (Lipinski definition) is 2. The number of rotatable bonds is 2. The first-order valence-corrected chi connectivity index (χ1v) is 19.2. The molecule has 6 nitrogen and oxygen atoms in total. The molecule has 7 aliphatic rings. The van der Waals surface area contributed by atoms with E-state index in [4.69, 9.17) is 11.2 Å². The highest BCUT2D eigenvalue weighted by Gasteiger charge is 2.67.